The second-order valence-corrected chi connectivity index (χ2v) is 13.2. The first kappa shape index (κ1) is 44.9. The molecule has 0 fully saturated rings. The molecular weight excluding hydrogens is 622 g/mol. The molecule has 0 unspecified atom stereocenters. The third-order valence-corrected chi connectivity index (χ3v) is 6.54. The molecule has 2 amide bonds. The van der Waals surface area contributed by atoms with E-state index in [-0.39, 0.29) is 5.84 Å². The zero-order chi connectivity index (χ0) is 37.3. The first-order valence-electron chi connectivity index (χ1n) is 17.5. The number of nitrogens with two attached hydrogens (primary N) is 1. The Morgan fingerprint density at radius 1 is 0.857 bits per heavy atom. The van der Waals surface area contributed by atoms with Crippen molar-refractivity contribution < 1.29 is 23.8 Å². The standard InChI is InChI=1S/C24H39N5O.C11H20N2O4.C2H6/c1-21-28(16-8-6-4-3-5-7-15-27-2)18-19-29(21)17-9-10-20-30-23-13-11-22(12-14-23)24(25)26;1-10(2,3)16-8(14)12-7-13-9(15)17-11(4,5)6;1-2/h11-14,18-19,27H,1,3-10,15-17,20H2,2H3,(H3,25,26);7H,1-6H3,(H,12,13,14,15);1-2H3. The number of benzene rings is 1. The molecule has 0 atom stereocenters. The Hall–Kier alpha value is -4.06. The van der Waals surface area contributed by atoms with Crippen LogP contribution in [0.25, 0.3) is 0 Å². The van der Waals surface area contributed by atoms with Gasteiger partial charge in [0.2, 0.25) is 0 Å². The van der Waals surface area contributed by atoms with E-state index in [4.69, 9.17) is 25.4 Å². The highest BCUT2D eigenvalue weighted by molar-refractivity contribution is 5.95. The minimum atomic E-state index is -0.770. The fourth-order valence-electron chi connectivity index (χ4n) is 4.23. The van der Waals surface area contributed by atoms with Crippen molar-refractivity contribution in [3.8, 4) is 5.75 Å². The summed E-state index contributed by atoms with van der Waals surface area (Å²) in [6.45, 7) is 22.5. The molecule has 1 aliphatic heterocycles. The van der Waals surface area contributed by atoms with Gasteiger partial charge in [-0.1, -0.05) is 46.1 Å². The van der Waals surface area contributed by atoms with Crippen LogP contribution in [0.4, 0.5) is 9.59 Å². The Morgan fingerprint density at radius 3 is 1.88 bits per heavy atom. The average Bonchev–Trinajstić information content (AvgIpc) is 3.36. The van der Waals surface area contributed by atoms with Crippen LogP contribution in [0.1, 0.15) is 112 Å². The largest absolute Gasteiger partial charge is 0.494 e. The highest BCUT2D eigenvalue weighted by atomic mass is 16.6. The number of hydrogen-bond donors (Lipinski definition) is 4. The minimum Gasteiger partial charge on any atom is -0.494 e. The molecule has 1 aliphatic rings. The maximum Gasteiger partial charge on any atom is 0.435 e. The fraction of sp³-hybridized carbons (Fsp3) is 0.622. The van der Waals surface area contributed by atoms with E-state index in [0.717, 1.165) is 55.9 Å². The van der Waals surface area contributed by atoms with Crippen LogP contribution in [0.3, 0.4) is 0 Å². The van der Waals surface area contributed by atoms with E-state index < -0.39 is 23.4 Å². The van der Waals surface area contributed by atoms with Crippen molar-refractivity contribution in [1.82, 2.24) is 20.4 Å². The lowest BCUT2D eigenvalue weighted by atomic mass is 10.1. The molecule has 0 saturated carbocycles. The van der Waals surface area contributed by atoms with Crippen molar-refractivity contribution in [1.29, 1.82) is 5.41 Å². The number of rotatable bonds is 17. The van der Waals surface area contributed by atoms with Crippen molar-refractivity contribution in [2.45, 2.75) is 118 Å². The summed E-state index contributed by atoms with van der Waals surface area (Å²) < 4.78 is 15.6. The van der Waals surface area contributed by atoms with E-state index >= 15 is 0 Å². The van der Waals surface area contributed by atoms with Gasteiger partial charge in [0.1, 0.15) is 34.9 Å². The normalized spacial score (nSPS) is 12.6. The summed E-state index contributed by atoms with van der Waals surface area (Å²) in [6, 6.07) is 7.36. The van der Waals surface area contributed by atoms with Gasteiger partial charge in [-0.05, 0) is 105 Å². The lowest BCUT2D eigenvalue weighted by Crippen LogP contribution is -2.32. The van der Waals surface area contributed by atoms with E-state index in [1.54, 1.807) is 41.5 Å². The van der Waals surface area contributed by atoms with Crippen LogP contribution in [0, 0.1) is 5.41 Å². The van der Waals surface area contributed by atoms with Crippen molar-refractivity contribution in [2.75, 3.05) is 33.3 Å². The number of alkyl carbamates (subject to hydrolysis) is 1. The van der Waals surface area contributed by atoms with Gasteiger partial charge >= 0.3 is 12.2 Å². The summed E-state index contributed by atoms with van der Waals surface area (Å²) in [6.07, 6.45) is 13.6. The number of aliphatic imine (C=N–C) groups is 1. The number of unbranched alkanes of at least 4 members (excludes halogenated alkanes) is 6. The zero-order valence-corrected chi connectivity index (χ0v) is 31.7. The molecule has 49 heavy (non-hydrogen) atoms. The molecule has 278 valence electrons. The number of carbonyl (C=O) groups excluding carboxylic acids is 2. The van der Waals surface area contributed by atoms with Crippen LogP contribution in [-0.4, -0.2) is 78.7 Å². The van der Waals surface area contributed by atoms with Gasteiger partial charge in [-0.25, -0.2) is 9.59 Å². The second-order valence-electron chi connectivity index (χ2n) is 13.2. The van der Waals surface area contributed by atoms with E-state index in [0.29, 0.717) is 6.61 Å². The first-order chi connectivity index (χ1) is 23.1. The maximum absolute atomic E-state index is 11.1. The predicted molar refractivity (Wildman–Crippen MR) is 201 cm³/mol. The summed E-state index contributed by atoms with van der Waals surface area (Å²) in [5.41, 5.74) is 4.98. The highest BCUT2D eigenvalue weighted by Gasteiger charge is 2.18. The zero-order valence-electron chi connectivity index (χ0n) is 31.7. The Labute approximate surface area is 296 Å². The van der Waals surface area contributed by atoms with Gasteiger partial charge in [0.25, 0.3) is 0 Å². The van der Waals surface area contributed by atoms with Crippen molar-refractivity contribution in [3.05, 3.63) is 54.6 Å². The summed E-state index contributed by atoms with van der Waals surface area (Å²) in [5, 5.41) is 12.8. The Kier molecular flexibility index (Phi) is 22.9. The molecule has 12 nitrogen and oxygen atoms in total. The fourth-order valence-corrected chi connectivity index (χ4v) is 4.23. The molecule has 0 aromatic heterocycles. The van der Waals surface area contributed by atoms with Gasteiger partial charge < -0.3 is 35.1 Å². The summed E-state index contributed by atoms with van der Waals surface area (Å²) in [4.78, 5) is 30.2. The molecule has 12 heteroatoms. The molecule has 5 N–H and O–H groups in total. The molecule has 0 bridgehead atoms. The number of nitrogens with zero attached hydrogens (tertiary/aromatic N) is 3. The summed E-state index contributed by atoms with van der Waals surface area (Å²) in [5.74, 6) is 1.98. The number of hydrogen-bond acceptors (Lipinski definition) is 9. The molecule has 1 heterocycles. The van der Waals surface area contributed by atoms with E-state index in [1.807, 2.05) is 45.2 Å². The van der Waals surface area contributed by atoms with Crippen LogP contribution in [-0.2, 0) is 9.47 Å². The quantitative estimate of drug-likeness (QED) is 0.0731. The van der Waals surface area contributed by atoms with Gasteiger partial charge in [-0.15, -0.1) is 0 Å². The molecule has 0 radical (unpaired) electrons. The summed E-state index contributed by atoms with van der Waals surface area (Å²) >= 11 is 0. The number of carbonyl (C=O) groups is 2. The Balaban J connectivity index is 0.00000103. The SMILES string of the molecule is C=C1N(CCCCCCCCNC)C=CN1CCCCOc1ccc(C(=N)N)cc1.CC.CC(C)(C)OC(=O)/N=C/NC(=O)OC(C)(C)C. The second kappa shape index (κ2) is 25.0. The molecule has 0 aliphatic carbocycles. The van der Waals surface area contributed by atoms with Crippen LogP contribution < -0.4 is 21.1 Å². The van der Waals surface area contributed by atoms with Crippen LogP contribution in [0.2, 0.25) is 0 Å². The molecule has 2 rings (SSSR count). The third-order valence-electron chi connectivity index (χ3n) is 6.54. The number of nitrogens with one attached hydrogen (secondary N) is 3. The predicted octanol–water partition coefficient (Wildman–Crippen LogP) is 7.75. The minimum absolute atomic E-state index is 0.0784. The van der Waals surface area contributed by atoms with Crippen molar-refractivity contribution in [3.63, 3.8) is 0 Å². The first-order valence-corrected chi connectivity index (χ1v) is 17.5. The highest BCUT2D eigenvalue weighted by Crippen LogP contribution is 2.20. The third kappa shape index (κ3) is 23.8. The number of amides is 2. The van der Waals surface area contributed by atoms with Gasteiger partial charge in [-0.3, -0.25) is 10.7 Å². The number of amidine groups is 1. The molecule has 0 saturated heterocycles. The Bertz CT molecular complexity index is 1160. The van der Waals surface area contributed by atoms with Crippen molar-refractivity contribution in [2.24, 2.45) is 10.7 Å². The molecular formula is C37H65N7O5. The lowest BCUT2D eigenvalue weighted by Gasteiger charge is -2.24. The number of nitrogen functional groups attached to an aromatic ring is 1. The molecule has 1 aromatic rings. The van der Waals surface area contributed by atoms with E-state index in [1.165, 1.54) is 38.5 Å². The van der Waals surface area contributed by atoms with Gasteiger partial charge in [0.05, 0.1) is 6.61 Å². The molecule has 0 spiro atoms. The monoisotopic (exact) mass is 688 g/mol. The van der Waals surface area contributed by atoms with Crippen LogP contribution >= 0.6 is 0 Å². The van der Waals surface area contributed by atoms with Crippen molar-refractivity contribution >= 4 is 24.4 Å². The lowest BCUT2D eigenvalue weighted by molar-refractivity contribution is 0.0565. The number of ether oxygens (including phenoxy) is 3. The van der Waals surface area contributed by atoms with Gasteiger partial charge in [0, 0.05) is 31.1 Å². The van der Waals surface area contributed by atoms with Crippen LogP contribution in [0.15, 0.2) is 54.1 Å². The van der Waals surface area contributed by atoms with Gasteiger partial charge in [0.15, 0.2) is 0 Å². The van der Waals surface area contributed by atoms with E-state index in [2.05, 4.69) is 44.4 Å². The maximum atomic E-state index is 11.1. The van der Waals surface area contributed by atoms with Gasteiger partial charge in [-0.2, -0.15) is 4.99 Å². The van der Waals surface area contributed by atoms with E-state index in [9.17, 15) is 9.59 Å². The van der Waals surface area contributed by atoms with Crippen LogP contribution in [0.5, 0.6) is 5.75 Å². The topological polar surface area (TPSA) is 155 Å². The average molecular weight is 688 g/mol. The molecule has 1 aromatic carbocycles. The Morgan fingerprint density at radius 2 is 1.37 bits per heavy atom. The smallest absolute Gasteiger partial charge is 0.435 e. The summed E-state index contributed by atoms with van der Waals surface area (Å²) in [7, 11) is 2.02.